The maximum Gasteiger partial charge on any atom is 0.326 e. The molecule has 20 heavy (non-hydrogen) atoms. The fourth-order valence-electron chi connectivity index (χ4n) is 2.61. The topological polar surface area (TPSA) is 79.3 Å². The van der Waals surface area contributed by atoms with Crippen LogP contribution in [0.5, 0.6) is 0 Å². The van der Waals surface area contributed by atoms with Crippen LogP contribution in [0.2, 0.25) is 5.02 Å². The van der Waals surface area contributed by atoms with Crippen molar-refractivity contribution < 1.29 is 14.7 Å². The van der Waals surface area contributed by atoms with Gasteiger partial charge in [0.25, 0.3) is 5.91 Å². The Bertz CT molecular complexity index is 501. The van der Waals surface area contributed by atoms with E-state index in [1.807, 2.05) is 0 Å². The van der Waals surface area contributed by atoms with Gasteiger partial charge in [-0.2, -0.15) is 0 Å². The van der Waals surface area contributed by atoms with Crippen molar-refractivity contribution in [3.8, 4) is 0 Å². The van der Waals surface area contributed by atoms with Gasteiger partial charge in [0.15, 0.2) is 0 Å². The predicted octanol–water partition coefficient (Wildman–Crippen LogP) is 2.50. The number of nitrogens with zero attached hydrogens (tertiary/aromatic N) is 1. The van der Waals surface area contributed by atoms with Crippen molar-refractivity contribution in [3.63, 3.8) is 0 Å². The number of aromatic nitrogens is 1. The first-order valence-corrected chi connectivity index (χ1v) is 7.10. The third kappa shape index (κ3) is 3.48. The van der Waals surface area contributed by atoms with Gasteiger partial charge in [-0.05, 0) is 24.8 Å². The number of amides is 1. The average molecular weight is 297 g/mol. The fraction of sp³-hybridized carbons (Fsp3) is 0.500. The van der Waals surface area contributed by atoms with E-state index >= 15 is 0 Å². The number of hydrogen-bond donors (Lipinski definition) is 2. The lowest BCUT2D eigenvalue weighted by Crippen LogP contribution is -2.46. The Labute approximate surface area is 122 Å². The second kappa shape index (κ2) is 6.70. The van der Waals surface area contributed by atoms with Gasteiger partial charge in [-0.3, -0.25) is 9.78 Å². The van der Waals surface area contributed by atoms with Crippen LogP contribution in [-0.4, -0.2) is 28.0 Å². The van der Waals surface area contributed by atoms with Crippen LogP contribution >= 0.6 is 11.6 Å². The Hall–Kier alpha value is -1.62. The highest BCUT2D eigenvalue weighted by molar-refractivity contribution is 6.33. The zero-order valence-corrected chi connectivity index (χ0v) is 11.8. The van der Waals surface area contributed by atoms with Crippen LogP contribution in [0.3, 0.4) is 0 Å². The fourth-order valence-corrected chi connectivity index (χ4v) is 2.80. The first-order valence-electron chi connectivity index (χ1n) is 6.73. The highest BCUT2D eigenvalue weighted by Crippen LogP contribution is 2.27. The maximum atomic E-state index is 12.1. The number of carboxylic acids is 1. The number of carboxylic acid groups (broad SMARTS) is 1. The van der Waals surface area contributed by atoms with E-state index in [1.54, 1.807) is 0 Å². The largest absolute Gasteiger partial charge is 0.480 e. The van der Waals surface area contributed by atoms with Crippen molar-refractivity contribution >= 4 is 23.5 Å². The molecule has 0 radical (unpaired) electrons. The Morgan fingerprint density at radius 3 is 2.65 bits per heavy atom. The molecule has 0 aliphatic heterocycles. The summed E-state index contributed by atoms with van der Waals surface area (Å²) in [6, 6.07) is 0.645. The van der Waals surface area contributed by atoms with Gasteiger partial charge in [-0.15, -0.1) is 0 Å². The number of carbonyl (C=O) groups is 2. The van der Waals surface area contributed by atoms with E-state index in [0.717, 1.165) is 32.1 Å². The lowest BCUT2D eigenvalue weighted by molar-refractivity contribution is -0.141. The number of rotatable bonds is 4. The third-order valence-electron chi connectivity index (χ3n) is 3.69. The standard InChI is InChI=1S/C14H17ClN2O3/c15-11-6-7-16-8-10(11)13(18)17-12(14(19)20)9-4-2-1-3-5-9/h6-9,12H,1-5H2,(H,17,18)(H,19,20). The minimum absolute atomic E-state index is 0.0133. The molecule has 2 N–H and O–H groups in total. The van der Waals surface area contributed by atoms with Crippen LogP contribution in [0.25, 0.3) is 0 Å². The molecule has 0 bridgehead atoms. The van der Waals surface area contributed by atoms with E-state index in [2.05, 4.69) is 10.3 Å². The molecule has 0 aromatic carbocycles. The summed E-state index contributed by atoms with van der Waals surface area (Å²) in [5.41, 5.74) is 0.205. The molecule has 1 fully saturated rings. The van der Waals surface area contributed by atoms with Crippen LogP contribution in [-0.2, 0) is 4.79 Å². The SMILES string of the molecule is O=C(NC(C(=O)O)C1CCCCC1)c1cnccc1Cl. The molecule has 1 aliphatic rings. The first kappa shape index (κ1) is 14.8. The molecule has 1 saturated carbocycles. The van der Waals surface area contributed by atoms with Crippen LogP contribution in [0, 0.1) is 5.92 Å². The molecule has 1 aromatic heterocycles. The number of halogens is 1. The van der Waals surface area contributed by atoms with E-state index in [1.165, 1.54) is 18.5 Å². The van der Waals surface area contributed by atoms with Gasteiger partial charge in [0.05, 0.1) is 10.6 Å². The normalized spacial score (nSPS) is 17.4. The quantitative estimate of drug-likeness (QED) is 0.894. The molecule has 6 heteroatoms. The summed E-state index contributed by atoms with van der Waals surface area (Å²) in [5.74, 6) is -1.49. The Morgan fingerprint density at radius 2 is 2.05 bits per heavy atom. The summed E-state index contributed by atoms with van der Waals surface area (Å²) in [6.45, 7) is 0. The lowest BCUT2D eigenvalue weighted by Gasteiger charge is -2.28. The summed E-state index contributed by atoms with van der Waals surface area (Å²) in [6.07, 6.45) is 7.64. The lowest BCUT2D eigenvalue weighted by atomic mass is 9.84. The highest BCUT2D eigenvalue weighted by atomic mass is 35.5. The molecule has 1 heterocycles. The predicted molar refractivity (Wildman–Crippen MR) is 74.7 cm³/mol. The summed E-state index contributed by atoms with van der Waals surface area (Å²) in [4.78, 5) is 27.3. The molecule has 1 aromatic rings. The monoisotopic (exact) mass is 296 g/mol. The van der Waals surface area contributed by atoms with Crippen LogP contribution in [0.4, 0.5) is 0 Å². The van der Waals surface area contributed by atoms with Crippen LogP contribution in [0.15, 0.2) is 18.5 Å². The smallest absolute Gasteiger partial charge is 0.326 e. The number of nitrogens with one attached hydrogen (secondary N) is 1. The molecule has 5 nitrogen and oxygen atoms in total. The van der Waals surface area contributed by atoms with E-state index < -0.39 is 17.9 Å². The molecular formula is C14H17ClN2O3. The molecular weight excluding hydrogens is 280 g/mol. The van der Waals surface area contributed by atoms with Crippen molar-refractivity contribution in [2.24, 2.45) is 5.92 Å². The van der Waals surface area contributed by atoms with Gasteiger partial charge in [0.1, 0.15) is 6.04 Å². The first-order chi connectivity index (χ1) is 9.59. The average Bonchev–Trinajstić information content (AvgIpc) is 2.45. The van der Waals surface area contributed by atoms with Crippen molar-refractivity contribution in [2.45, 2.75) is 38.1 Å². The van der Waals surface area contributed by atoms with E-state index in [0.29, 0.717) is 0 Å². The van der Waals surface area contributed by atoms with Crippen molar-refractivity contribution in [1.29, 1.82) is 0 Å². The number of hydrogen-bond acceptors (Lipinski definition) is 3. The second-order valence-corrected chi connectivity index (χ2v) is 5.45. The molecule has 1 aliphatic carbocycles. The number of carbonyl (C=O) groups excluding carboxylic acids is 1. The molecule has 1 unspecified atom stereocenters. The molecule has 1 amide bonds. The van der Waals surface area contributed by atoms with Crippen LogP contribution in [0.1, 0.15) is 42.5 Å². The van der Waals surface area contributed by atoms with Gasteiger partial charge >= 0.3 is 5.97 Å². The van der Waals surface area contributed by atoms with Crippen molar-refractivity contribution in [1.82, 2.24) is 10.3 Å². The van der Waals surface area contributed by atoms with Crippen molar-refractivity contribution in [3.05, 3.63) is 29.0 Å². The molecule has 0 spiro atoms. The molecule has 108 valence electrons. The summed E-state index contributed by atoms with van der Waals surface area (Å²) in [7, 11) is 0. The Balaban J connectivity index is 2.10. The van der Waals surface area contributed by atoms with Gasteiger partial charge < -0.3 is 10.4 Å². The minimum atomic E-state index is -0.995. The van der Waals surface area contributed by atoms with Gasteiger partial charge in [0.2, 0.25) is 0 Å². The summed E-state index contributed by atoms with van der Waals surface area (Å²) in [5, 5.41) is 12.2. The van der Waals surface area contributed by atoms with Gasteiger partial charge in [0, 0.05) is 12.4 Å². The third-order valence-corrected chi connectivity index (χ3v) is 4.02. The van der Waals surface area contributed by atoms with Gasteiger partial charge in [-0.1, -0.05) is 30.9 Å². The zero-order chi connectivity index (χ0) is 14.5. The molecule has 1 atom stereocenters. The van der Waals surface area contributed by atoms with E-state index in [9.17, 15) is 14.7 Å². The summed E-state index contributed by atoms with van der Waals surface area (Å²) >= 11 is 5.92. The number of pyridine rings is 1. The molecule has 0 saturated heterocycles. The minimum Gasteiger partial charge on any atom is -0.480 e. The number of aliphatic carboxylic acids is 1. The highest BCUT2D eigenvalue weighted by Gasteiger charge is 2.31. The van der Waals surface area contributed by atoms with Crippen LogP contribution < -0.4 is 5.32 Å². The van der Waals surface area contributed by atoms with Gasteiger partial charge in [-0.25, -0.2) is 4.79 Å². The molecule has 2 rings (SSSR count). The van der Waals surface area contributed by atoms with E-state index in [-0.39, 0.29) is 16.5 Å². The van der Waals surface area contributed by atoms with Crippen molar-refractivity contribution in [2.75, 3.05) is 0 Å². The summed E-state index contributed by atoms with van der Waals surface area (Å²) < 4.78 is 0. The Kier molecular flexibility index (Phi) is 4.95. The second-order valence-electron chi connectivity index (χ2n) is 5.04. The maximum absolute atomic E-state index is 12.1. The van der Waals surface area contributed by atoms with E-state index in [4.69, 9.17) is 11.6 Å². The zero-order valence-electron chi connectivity index (χ0n) is 11.0. The Morgan fingerprint density at radius 1 is 1.35 bits per heavy atom.